The molecule has 3 aromatic rings. The van der Waals surface area contributed by atoms with E-state index in [1.54, 1.807) is 4.90 Å². The van der Waals surface area contributed by atoms with Gasteiger partial charge in [0.15, 0.2) is 5.75 Å². The number of halogens is 2. The zero-order valence-electron chi connectivity index (χ0n) is 18.8. The lowest BCUT2D eigenvalue weighted by molar-refractivity contribution is -0.116. The summed E-state index contributed by atoms with van der Waals surface area (Å²) in [5.74, 6) is 0.565. The van der Waals surface area contributed by atoms with E-state index in [9.17, 15) is 4.79 Å². The van der Waals surface area contributed by atoms with Gasteiger partial charge in [0.05, 0.1) is 29.4 Å². The van der Waals surface area contributed by atoms with Gasteiger partial charge >= 0.3 is 0 Å². The summed E-state index contributed by atoms with van der Waals surface area (Å²) in [6, 6.07) is 13.5. The lowest BCUT2D eigenvalue weighted by Gasteiger charge is -2.26. The quantitative estimate of drug-likeness (QED) is 0.339. The number of para-hydroxylation sites is 1. The SMILES string of the molecule is CCN(CC)CCCOc1c(N2C(=O)Cc3ccccc32)c(C)c2ccc(Cl)cc2c1Cl. The molecule has 0 fully saturated rings. The van der Waals surface area contributed by atoms with Crippen molar-refractivity contribution in [1.82, 2.24) is 4.90 Å². The third-order valence-electron chi connectivity index (χ3n) is 6.20. The van der Waals surface area contributed by atoms with Crippen LogP contribution in [0.1, 0.15) is 31.4 Å². The standard InChI is InChI=1S/C26H28Cl2N2O2/c1-4-29(5-2)13-8-14-32-26-24(28)21-16-19(27)11-12-20(21)17(3)25(26)30-22-10-7-6-9-18(22)15-23(30)31/h6-7,9-12,16H,4-5,8,13-15H2,1-3H3. The predicted octanol–water partition coefficient (Wildman–Crippen LogP) is 6.79. The highest BCUT2D eigenvalue weighted by Gasteiger charge is 2.33. The van der Waals surface area contributed by atoms with Gasteiger partial charge in [-0.25, -0.2) is 0 Å². The average Bonchev–Trinajstić information content (AvgIpc) is 3.12. The van der Waals surface area contributed by atoms with Crippen molar-refractivity contribution in [3.63, 3.8) is 0 Å². The Morgan fingerprint density at radius 2 is 1.81 bits per heavy atom. The molecule has 0 radical (unpaired) electrons. The van der Waals surface area contributed by atoms with Gasteiger partial charge in [-0.3, -0.25) is 9.69 Å². The van der Waals surface area contributed by atoms with Crippen LogP contribution in [0.15, 0.2) is 42.5 Å². The first-order valence-corrected chi connectivity index (χ1v) is 11.9. The fourth-order valence-electron chi connectivity index (χ4n) is 4.45. The largest absolute Gasteiger partial charge is 0.490 e. The van der Waals surface area contributed by atoms with E-state index in [4.69, 9.17) is 27.9 Å². The third kappa shape index (κ3) is 4.19. The van der Waals surface area contributed by atoms with E-state index < -0.39 is 0 Å². The smallest absolute Gasteiger partial charge is 0.236 e. The first kappa shape index (κ1) is 22.9. The van der Waals surface area contributed by atoms with Crippen LogP contribution in [-0.2, 0) is 11.2 Å². The number of hydrogen-bond donors (Lipinski definition) is 0. The van der Waals surface area contributed by atoms with Crippen LogP contribution in [0.4, 0.5) is 11.4 Å². The first-order chi connectivity index (χ1) is 15.5. The molecule has 0 bridgehead atoms. The molecular weight excluding hydrogens is 443 g/mol. The van der Waals surface area contributed by atoms with Crippen molar-refractivity contribution in [2.45, 2.75) is 33.6 Å². The molecule has 1 aliphatic heterocycles. The summed E-state index contributed by atoms with van der Waals surface area (Å²) in [5.41, 5.74) is 3.57. The van der Waals surface area contributed by atoms with Crippen molar-refractivity contribution in [3.8, 4) is 5.75 Å². The Morgan fingerprint density at radius 1 is 1.06 bits per heavy atom. The Morgan fingerprint density at radius 3 is 2.56 bits per heavy atom. The van der Waals surface area contributed by atoms with Crippen molar-refractivity contribution in [2.24, 2.45) is 0 Å². The van der Waals surface area contributed by atoms with E-state index in [0.717, 1.165) is 59.3 Å². The molecule has 0 saturated carbocycles. The van der Waals surface area contributed by atoms with E-state index in [1.807, 2.05) is 49.4 Å². The third-order valence-corrected chi connectivity index (χ3v) is 6.81. The monoisotopic (exact) mass is 470 g/mol. The van der Waals surface area contributed by atoms with Gasteiger partial charge in [-0.2, -0.15) is 0 Å². The van der Waals surface area contributed by atoms with Gasteiger partial charge in [0.2, 0.25) is 5.91 Å². The number of nitrogens with zero attached hydrogens (tertiary/aromatic N) is 2. The van der Waals surface area contributed by atoms with Crippen LogP contribution in [0.2, 0.25) is 10.0 Å². The number of amides is 1. The second-order valence-corrected chi connectivity index (χ2v) is 8.88. The van der Waals surface area contributed by atoms with Crippen LogP contribution in [0, 0.1) is 6.92 Å². The summed E-state index contributed by atoms with van der Waals surface area (Å²) in [6.07, 6.45) is 1.24. The maximum absolute atomic E-state index is 13.1. The molecule has 32 heavy (non-hydrogen) atoms. The second-order valence-electron chi connectivity index (χ2n) is 8.07. The van der Waals surface area contributed by atoms with E-state index in [0.29, 0.717) is 28.8 Å². The van der Waals surface area contributed by atoms with Gasteiger partial charge in [-0.05, 0) is 61.1 Å². The van der Waals surface area contributed by atoms with Crippen LogP contribution in [0.3, 0.4) is 0 Å². The Kier molecular flexibility index (Phi) is 6.94. The molecule has 1 heterocycles. The number of fused-ring (bicyclic) bond motifs is 2. The molecule has 0 aromatic heterocycles. The number of rotatable bonds is 8. The fraction of sp³-hybridized carbons (Fsp3) is 0.346. The maximum atomic E-state index is 13.1. The van der Waals surface area contributed by atoms with Crippen LogP contribution in [0.5, 0.6) is 5.75 Å². The molecule has 0 atom stereocenters. The van der Waals surface area contributed by atoms with Crippen LogP contribution in [-0.4, -0.2) is 37.0 Å². The molecule has 3 aromatic carbocycles. The van der Waals surface area contributed by atoms with Gasteiger partial charge in [0.1, 0.15) is 0 Å². The summed E-state index contributed by atoms with van der Waals surface area (Å²) in [4.78, 5) is 17.3. The van der Waals surface area contributed by atoms with Crippen LogP contribution < -0.4 is 9.64 Å². The molecular formula is C26H28Cl2N2O2. The Bertz CT molecular complexity index is 1160. The Balaban J connectivity index is 1.80. The normalized spacial score (nSPS) is 13.3. The molecule has 4 rings (SSSR count). The number of aryl methyl sites for hydroxylation is 1. The Labute approximate surface area is 199 Å². The molecule has 0 saturated heterocycles. The van der Waals surface area contributed by atoms with Crippen molar-refractivity contribution in [1.29, 1.82) is 0 Å². The topological polar surface area (TPSA) is 32.8 Å². The summed E-state index contributed by atoms with van der Waals surface area (Å²) in [5, 5.41) is 2.89. The summed E-state index contributed by atoms with van der Waals surface area (Å²) < 4.78 is 6.32. The molecule has 1 aliphatic rings. The highest BCUT2D eigenvalue weighted by molar-refractivity contribution is 6.39. The minimum atomic E-state index is 0.0201. The van der Waals surface area contributed by atoms with E-state index in [-0.39, 0.29) is 5.91 Å². The highest BCUT2D eigenvalue weighted by Crippen LogP contribution is 2.49. The highest BCUT2D eigenvalue weighted by atomic mass is 35.5. The van der Waals surface area contributed by atoms with Crippen molar-refractivity contribution in [3.05, 3.63) is 63.6 Å². The van der Waals surface area contributed by atoms with Gasteiger partial charge in [-0.15, -0.1) is 0 Å². The van der Waals surface area contributed by atoms with E-state index >= 15 is 0 Å². The number of hydrogen-bond acceptors (Lipinski definition) is 3. The number of ether oxygens (including phenoxy) is 1. The van der Waals surface area contributed by atoms with Gasteiger partial charge in [-0.1, -0.05) is 61.3 Å². The average molecular weight is 471 g/mol. The molecule has 1 amide bonds. The van der Waals surface area contributed by atoms with Crippen molar-refractivity contribution < 1.29 is 9.53 Å². The molecule has 168 valence electrons. The van der Waals surface area contributed by atoms with Crippen LogP contribution >= 0.6 is 23.2 Å². The predicted molar refractivity (Wildman–Crippen MR) is 134 cm³/mol. The van der Waals surface area contributed by atoms with Crippen molar-refractivity contribution >= 4 is 51.3 Å². The van der Waals surface area contributed by atoms with Gasteiger partial charge in [0, 0.05) is 17.0 Å². The Hall–Kier alpha value is -2.27. The molecule has 0 spiro atoms. The fourth-order valence-corrected chi connectivity index (χ4v) is 4.92. The minimum absolute atomic E-state index is 0.0201. The van der Waals surface area contributed by atoms with E-state index in [2.05, 4.69) is 18.7 Å². The molecule has 0 aliphatic carbocycles. The summed E-state index contributed by atoms with van der Waals surface area (Å²) in [6.45, 7) is 9.81. The lowest BCUT2D eigenvalue weighted by Crippen LogP contribution is -2.25. The molecule has 6 heteroatoms. The molecule has 4 nitrogen and oxygen atoms in total. The number of anilines is 2. The maximum Gasteiger partial charge on any atom is 0.236 e. The van der Waals surface area contributed by atoms with Crippen molar-refractivity contribution in [2.75, 3.05) is 31.1 Å². The number of benzene rings is 3. The zero-order valence-corrected chi connectivity index (χ0v) is 20.3. The zero-order chi connectivity index (χ0) is 22.8. The molecule has 0 N–H and O–H groups in total. The summed E-state index contributed by atoms with van der Waals surface area (Å²) in [7, 11) is 0. The van der Waals surface area contributed by atoms with Gasteiger partial charge < -0.3 is 9.64 Å². The second kappa shape index (κ2) is 9.70. The van der Waals surface area contributed by atoms with Crippen LogP contribution in [0.25, 0.3) is 10.8 Å². The summed E-state index contributed by atoms with van der Waals surface area (Å²) >= 11 is 13.2. The van der Waals surface area contributed by atoms with E-state index in [1.165, 1.54) is 0 Å². The first-order valence-electron chi connectivity index (χ1n) is 11.1. The molecule has 0 unspecified atom stereocenters. The minimum Gasteiger partial charge on any atom is -0.490 e. The lowest BCUT2D eigenvalue weighted by atomic mass is 10.0. The number of carbonyl (C=O) groups excluding carboxylic acids is 1. The van der Waals surface area contributed by atoms with Gasteiger partial charge in [0.25, 0.3) is 0 Å². The number of carbonyl (C=O) groups is 1.